The molecule has 1 amide bonds. The van der Waals surface area contributed by atoms with Crippen LogP contribution in [0.15, 0.2) is 0 Å². The first-order valence-electron chi connectivity index (χ1n) is 5.87. The minimum atomic E-state index is 0.193. The van der Waals surface area contributed by atoms with Crippen molar-refractivity contribution in [2.75, 3.05) is 26.3 Å². The van der Waals surface area contributed by atoms with Crippen LogP contribution in [0.25, 0.3) is 0 Å². The van der Waals surface area contributed by atoms with Gasteiger partial charge in [0.1, 0.15) is 0 Å². The predicted octanol–water partition coefficient (Wildman–Crippen LogP) is 0.658. The second-order valence-electron chi connectivity index (χ2n) is 4.11. The van der Waals surface area contributed by atoms with Crippen molar-refractivity contribution in [2.45, 2.75) is 32.1 Å². The third-order valence-corrected chi connectivity index (χ3v) is 2.75. The molecule has 15 heavy (non-hydrogen) atoms. The minimum absolute atomic E-state index is 0.193. The standard InChI is InChI=1S/C11H22N2O2/c12-5-8-15-7-2-6-13-11(14)9-10-3-1-4-10/h10H,1-9,12H2,(H,13,14). The molecule has 0 spiro atoms. The predicted molar refractivity (Wildman–Crippen MR) is 59.5 cm³/mol. The fourth-order valence-corrected chi connectivity index (χ4v) is 1.62. The number of hydrogen-bond acceptors (Lipinski definition) is 3. The molecule has 0 aliphatic heterocycles. The van der Waals surface area contributed by atoms with Gasteiger partial charge in [0.25, 0.3) is 0 Å². The summed E-state index contributed by atoms with van der Waals surface area (Å²) in [4.78, 5) is 11.4. The van der Waals surface area contributed by atoms with Crippen LogP contribution in [-0.2, 0) is 9.53 Å². The average molecular weight is 214 g/mol. The highest BCUT2D eigenvalue weighted by atomic mass is 16.5. The Hall–Kier alpha value is -0.610. The maximum absolute atomic E-state index is 11.4. The fraction of sp³-hybridized carbons (Fsp3) is 0.909. The molecule has 0 radical (unpaired) electrons. The Labute approximate surface area is 91.5 Å². The van der Waals surface area contributed by atoms with E-state index in [1.807, 2.05) is 0 Å². The highest BCUT2D eigenvalue weighted by molar-refractivity contribution is 5.76. The number of rotatable bonds is 8. The number of nitrogens with two attached hydrogens (primary N) is 1. The zero-order valence-electron chi connectivity index (χ0n) is 9.34. The van der Waals surface area contributed by atoms with E-state index in [1.54, 1.807) is 0 Å². The van der Waals surface area contributed by atoms with Crippen molar-refractivity contribution < 1.29 is 9.53 Å². The lowest BCUT2D eigenvalue weighted by Crippen LogP contribution is -2.29. The zero-order chi connectivity index (χ0) is 10.9. The summed E-state index contributed by atoms with van der Waals surface area (Å²) >= 11 is 0. The fourth-order valence-electron chi connectivity index (χ4n) is 1.62. The van der Waals surface area contributed by atoms with Crippen molar-refractivity contribution in [3.8, 4) is 0 Å². The van der Waals surface area contributed by atoms with Crippen LogP contribution in [0.3, 0.4) is 0 Å². The minimum Gasteiger partial charge on any atom is -0.380 e. The lowest BCUT2D eigenvalue weighted by atomic mass is 9.83. The molecule has 0 unspecified atom stereocenters. The summed E-state index contributed by atoms with van der Waals surface area (Å²) in [6, 6.07) is 0. The Kier molecular flexibility index (Phi) is 6.36. The van der Waals surface area contributed by atoms with Crippen LogP contribution in [0.5, 0.6) is 0 Å². The third kappa shape index (κ3) is 5.74. The number of nitrogens with one attached hydrogen (secondary N) is 1. The number of carbonyl (C=O) groups excluding carboxylic acids is 1. The van der Waals surface area contributed by atoms with Gasteiger partial charge in [0.15, 0.2) is 0 Å². The van der Waals surface area contributed by atoms with Crippen LogP contribution in [0, 0.1) is 5.92 Å². The van der Waals surface area contributed by atoms with Crippen molar-refractivity contribution in [1.82, 2.24) is 5.32 Å². The van der Waals surface area contributed by atoms with Gasteiger partial charge in [-0.3, -0.25) is 4.79 Å². The third-order valence-electron chi connectivity index (χ3n) is 2.75. The van der Waals surface area contributed by atoms with Gasteiger partial charge >= 0.3 is 0 Å². The molecule has 0 aromatic carbocycles. The highest BCUT2D eigenvalue weighted by Crippen LogP contribution is 2.28. The first-order chi connectivity index (χ1) is 7.33. The molecule has 0 heterocycles. The molecule has 4 heteroatoms. The number of ether oxygens (including phenoxy) is 1. The van der Waals surface area contributed by atoms with Gasteiger partial charge in [0, 0.05) is 26.1 Å². The topological polar surface area (TPSA) is 64.3 Å². The van der Waals surface area contributed by atoms with Gasteiger partial charge in [0.05, 0.1) is 6.61 Å². The first-order valence-corrected chi connectivity index (χ1v) is 5.87. The van der Waals surface area contributed by atoms with Crippen LogP contribution in [-0.4, -0.2) is 32.2 Å². The summed E-state index contributed by atoms with van der Waals surface area (Å²) in [5, 5.41) is 2.91. The maximum atomic E-state index is 11.4. The molecule has 1 rings (SSSR count). The van der Waals surface area contributed by atoms with Crippen molar-refractivity contribution in [3.63, 3.8) is 0 Å². The van der Waals surface area contributed by atoms with Crippen LogP contribution < -0.4 is 11.1 Å². The number of carbonyl (C=O) groups is 1. The Morgan fingerprint density at radius 3 is 2.80 bits per heavy atom. The summed E-state index contributed by atoms with van der Waals surface area (Å²) in [7, 11) is 0. The van der Waals surface area contributed by atoms with Crippen LogP contribution >= 0.6 is 0 Å². The average Bonchev–Trinajstić information content (AvgIpc) is 2.17. The molecule has 0 saturated heterocycles. The van der Waals surface area contributed by atoms with E-state index >= 15 is 0 Å². The van der Waals surface area contributed by atoms with Gasteiger partial charge in [0.2, 0.25) is 5.91 Å². The SMILES string of the molecule is NCCOCCCNC(=O)CC1CCC1. The largest absolute Gasteiger partial charge is 0.380 e. The van der Waals surface area contributed by atoms with E-state index < -0.39 is 0 Å². The lowest BCUT2D eigenvalue weighted by molar-refractivity contribution is -0.122. The van der Waals surface area contributed by atoms with E-state index in [-0.39, 0.29) is 5.91 Å². The molecule has 0 bridgehead atoms. The lowest BCUT2D eigenvalue weighted by Gasteiger charge is -2.24. The molecule has 88 valence electrons. The van der Waals surface area contributed by atoms with Crippen molar-refractivity contribution >= 4 is 5.91 Å². The van der Waals surface area contributed by atoms with E-state index in [9.17, 15) is 4.79 Å². The Bertz CT molecular complexity index is 181. The second kappa shape index (κ2) is 7.65. The van der Waals surface area contributed by atoms with E-state index in [1.165, 1.54) is 19.3 Å². The molecular weight excluding hydrogens is 192 g/mol. The molecule has 0 aromatic heterocycles. The Morgan fingerprint density at radius 2 is 2.20 bits per heavy atom. The molecule has 3 N–H and O–H groups in total. The quantitative estimate of drug-likeness (QED) is 0.583. The summed E-state index contributed by atoms with van der Waals surface area (Å²) < 4.78 is 5.20. The molecule has 1 fully saturated rings. The van der Waals surface area contributed by atoms with Crippen LogP contribution in [0.4, 0.5) is 0 Å². The summed E-state index contributed by atoms with van der Waals surface area (Å²) in [6.45, 7) is 2.57. The van der Waals surface area contributed by atoms with Gasteiger partial charge in [-0.15, -0.1) is 0 Å². The maximum Gasteiger partial charge on any atom is 0.220 e. The van der Waals surface area contributed by atoms with E-state index in [0.717, 1.165) is 13.0 Å². The molecule has 0 atom stereocenters. The number of hydrogen-bond donors (Lipinski definition) is 2. The van der Waals surface area contributed by atoms with Crippen LogP contribution in [0.2, 0.25) is 0 Å². The summed E-state index contributed by atoms with van der Waals surface area (Å²) in [6.07, 6.45) is 5.34. The monoisotopic (exact) mass is 214 g/mol. The van der Waals surface area contributed by atoms with Gasteiger partial charge in [-0.2, -0.15) is 0 Å². The van der Waals surface area contributed by atoms with Gasteiger partial charge in [-0.05, 0) is 25.2 Å². The van der Waals surface area contributed by atoms with Crippen LogP contribution in [0.1, 0.15) is 32.1 Å². The molecule has 1 aliphatic carbocycles. The van der Waals surface area contributed by atoms with Gasteiger partial charge in [-0.1, -0.05) is 6.42 Å². The molecule has 0 aromatic rings. The Morgan fingerprint density at radius 1 is 1.40 bits per heavy atom. The second-order valence-corrected chi connectivity index (χ2v) is 4.11. The molecule has 4 nitrogen and oxygen atoms in total. The van der Waals surface area contributed by atoms with Crippen molar-refractivity contribution in [2.24, 2.45) is 11.7 Å². The van der Waals surface area contributed by atoms with Crippen molar-refractivity contribution in [1.29, 1.82) is 0 Å². The van der Waals surface area contributed by atoms with Crippen molar-refractivity contribution in [3.05, 3.63) is 0 Å². The molecule has 1 saturated carbocycles. The normalized spacial score (nSPS) is 16.1. The van der Waals surface area contributed by atoms with Gasteiger partial charge < -0.3 is 15.8 Å². The zero-order valence-corrected chi connectivity index (χ0v) is 9.34. The Balaban J connectivity index is 1.83. The highest BCUT2D eigenvalue weighted by Gasteiger charge is 2.19. The molecule has 1 aliphatic rings. The summed E-state index contributed by atoms with van der Waals surface area (Å²) in [5.41, 5.74) is 5.27. The first kappa shape index (κ1) is 12.5. The van der Waals surface area contributed by atoms with E-state index in [0.29, 0.717) is 32.1 Å². The van der Waals surface area contributed by atoms with Gasteiger partial charge in [-0.25, -0.2) is 0 Å². The smallest absolute Gasteiger partial charge is 0.220 e. The molecular formula is C11H22N2O2. The number of amides is 1. The van der Waals surface area contributed by atoms with E-state index in [2.05, 4.69) is 5.32 Å². The summed E-state index contributed by atoms with van der Waals surface area (Å²) in [5.74, 6) is 0.844. The van der Waals surface area contributed by atoms with E-state index in [4.69, 9.17) is 10.5 Å².